The highest BCUT2D eigenvalue weighted by atomic mass is 35.5. The van der Waals surface area contributed by atoms with Crippen LogP contribution in [0.2, 0.25) is 5.02 Å². The van der Waals surface area contributed by atoms with Crippen LogP contribution in [0.4, 0.5) is 5.69 Å². The number of benzene rings is 1. The van der Waals surface area contributed by atoms with Gasteiger partial charge in [0.2, 0.25) is 5.91 Å². The zero-order chi connectivity index (χ0) is 13.7. The van der Waals surface area contributed by atoms with Gasteiger partial charge in [-0.15, -0.1) is 0 Å². The van der Waals surface area contributed by atoms with Gasteiger partial charge in [0, 0.05) is 6.04 Å². The zero-order valence-electron chi connectivity index (χ0n) is 11.3. The molecule has 0 aliphatic heterocycles. The van der Waals surface area contributed by atoms with E-state index in [1.807, 2.05) is 25.1 Å². The molecule has 1 saturated carbocycles. The highest BCUT2D eigenvalue weighted by Gasteiger charge is 2.15. The molecule has 0 atom stereocenters. The fourth-order valence-corrected chi connectivity index (χ4v) is 2.84. The quantitative estimate of drug-likeness (QED) is 0.886. The van der Waals surface area contributed by atoms with Crippen molar-refractivity contribution in [2.45, 2.75) is 45.1 Å². The van der Waals surface area contributed by atoms with E-state index in [9.17, 15) is 4.79 Å². The van der Waals surface area contributed by atoms with Crippen molar-refractivity contribution in [2.75, 3.05) is 11.9 Å². The number of halogens is 1. The highest BCUT2D eigenvalue weighted by Crippen LogP contribution is 2.24. The van der Waals surface area contributed by atoms with Gasteiger partial charge in [0.15, 0.2) is 0 Å². The van der Waals surface area contributed by atoms with Crippen molar-refractivity contribution in [3.05, 3.63) is 28.8 Å². The van der Waals surface area contributed by atoms with E-state index in [-0.39, 0.29) is 12.5 Å². The summed E-state index contributed by atoms with van der Waals surface area (Å²) in [5, 5.41) is 6.87. The maximum atomic E-state index is 11.9. The van der Waals surface area contributed by atoms with Gasteiger partial charge in [-0.2, -0.15) is 0 Å². The lowest BCUT2D eigenvalue weighted by Crippen LogP contribution is -2.39. The van der Waals surface area contributed by atoms with E-state index in [0.717, 1.165) is 24.1 Å². The molecule has 4 heteroatoms. The van der Waals surface area contributed by atoms with Crippen LogP contribution in [-0.2, 0) is 4.79 Å². The predicted molar refractivity (Wildman–Crippen MR) is 79.7 cm³/mol. The van der Waals surface area contributed by atoms with Crippen molar-refractivity contribution in [1.82, 2.24) is 5.32 Å². The predicted octanol–water partition coefficient (Wildman–Crippen LogP) is 3.51. The van der Waals surface area contributed by atoms with E-state index in [1.54, 1.807) is 0 Å². The number of para-hydroxylation sites is 1. The minimum absolute atomic E-state index is 0.0474. The summed E-state index contributed by atoms with van der Waals surface area (Å²) in [4.78, 5) is 11.9. The lowest BCUT2D eigenvalue weighted by Gasteiger charge is -2.23. The van der Waals surface area contributed by atoms with E-state index in [1.165, 1.54) is 19.3 Å². The maximum Gasteiger partial charge on any atom is 0.239 e. The molecule has 2 N–H and O–H groups in total. The van der Waals surface area contributed by atoms with Crippen LogP contribution in [0.25, 0.3) is 0 Å². The first-order valence-electron chi connectivity index (χ1n) is 6.95. The van der Waals surface area contributed by atoms with Gasteiger partial charge in [-0.3, -0.25) is 4.79 Å². The van der Waals surface area contributed by atoms with Gasteiger partial charge in [0.1, 0.15) is 0 Å². The molecule has 19 heavy (non-hydrogen) atoms. The minimum Gasteiger partial charge on any atom is -0.375 e. The molecule has 1 aliphatic rings. The van der Waals surface area contributed by atoms with Crippen LogP contribution in [0.15, 0.2) is 18.2 Å². The molecule has 0 spiro atoms. The molecule has 3 nitrogen and oxygen atoms in total. The van der Waals surface area contributed by atoms with E-state index in [2.05, 4.69) is 10.6 Å². The third kappa shape index (κ3) is 4.13. The summed E-state index contributed by atoms with van der Waals surface area (Å²) in [5.74, 6) is 0.0474. The number of rotatable bonds is 4. The van der Waals surface area contributed by atoms with Gasteiger partial charge in [-0.1, -0.05) is 43.0 Å². The SMILES string of the molecule is Cc1cccc(Cl)c1NCC(=O)NC1CCCCC1. The molecule has 1 aromatic rings. The molecular formula is C15H21ClN2O. The Bertz CT molecular complexity index is 422. The van der Waals surface area contributed by atoms with Crippen molar-refractivity contribution in [3.63, 3.8) is 0 Å². The largest absolute Gasteiger partial charge is 0.375 e. The van der Waals surface area contributed by atoms with E-state index < -0.39 is 0 Å². The number of anilines is 1. The Morgan fingerprint density at radius 3 is 2.74 bits per heavy atom. The number of carbonyl (C=O) groups is 1. The monoisotopic (exact) mass is 280 g/mol. The molecular weight excluding hydrogens is 260 g/mol. The number of aryl methyl sites for hydroxylation is 1. The fraction of sp³-hybridized carbons (Fsp3) is 0.533. The van der Waals surface area contributed by atoms with Crippen LogP contribution in [0.5, 0.6) is 0 Å². The van der Waals surface area contributed by atoms with Crippen molar-refractivity contribution in [1.29, 1.82) is 0 Å². The third-order valence-electron chi connectivity index (χ3n) is 3.62. The van der Waals surface area contributed by atoms with Crippen LogP contribution >= 0.6 is 11.6 Å². The number of hydrogen-bond acceptors (Lipinski definition) is 2. The Kier molecular flexibility index (Phi) is 5.08. The molecule has 104 valence electrons. The summed E-state index contributed by atoms with van der Waals surface area (Å²) < 4.78 is 0. The average molecular weight is 281 g/mol. The minimum atomic E-state index is 0.0474. The van der Waals surface area contributed by atoms with E-state index >= 15 is 0 Å². The molecule has 0 bridgehead atoms. The van der Waals surface area contributed by atoms with Gasteiger partial charge in [0.25, 0.3) is 0 Å². The van der Waals surface area contributed by atoms with Gasteiger partial charge in [-0.05, 0) is 31.4 Å². The first kappa shape index (κ1) is 14.2. The highest BCUT2D eigenvalue weighted by molar-refractivity contribution is 6.33. The van der Waals surface area contributed by atoms with Gasteiger partial charge >= 0.3 is 0 Å². The zero-order valence-corrected chi connectivity index (χ0v) is 12.1. The number of nitrogens with one attached hydrogen (secondary N) is 2. The lowest BCUT2D eigenvalue weighted by atomic mass is 9.95. The van der Waals surface area contributed by atoms with Gasteiger partial charge < -0.3 is 10.6 Å². The Morgan fingerprint density at radius 1 is 1.32 bits per heavy atom. The standard InChI is InChI=1S/C15H21ClN2O/c1-11-6-5-9-13(16)15(11)17-10-14(19)18-12-7-3-2-4-8-12/h5-6,9,12,17H,2-4,7-8,10H2,1H3,(H,18,19). The second-order valence-electron chi connectivity index (χ2n) is 5.19. The van der Waals surface area contributed by atoms with E-state index in [0.29, 0.717) is 11.1 Å². The van der Waals surface area contributed by atoms with Crippen molar-refractivity contribution in [2.24, 2.45) is 0 Å². The first-order chi connectivity index (χ1) is 9.16. The van der Waals surface area contributed by atoms with E-state index in [4.69, 9.17) is 11.6 Å². The van der Waals surface area contributed by atoms with Gasteiger partial charge in [0.05, 0.1) is 17.3 Å². The van der Waals surface area contributed by atoms with Crippen molar-refractivity contribution in [3.8, 4) is 0 Å². The Balaban J connectivity index is 1.83. The smallest absolute Gasteiger partial charge is 0.239 e. The molecule has 0 aromatic heterocycles. The topological polar surface area (TPSA) is 41.1 Å². The normalized spacial score (nSPS) is 16.1. The summed E-state index contributed by atoms with van der Waals surface area (Å²) in [7, 11) is 0. The van der Waals surface area contributed by atoms with Crippen LogP contribution in [0.3, 0.4) is 0 Å². The molecule has 0 unspecified atom stereocenters. The first-order valence-corrected chi connectivity index (χ1v) is 7.33. The Hall–Kier alpha value is -1.22. The van der Waals surface area contributed by atoms with Crippen molar-refractivity contribution < 1.29 is 4.79 Å². The third-order valence-corrected chi connectivity index (χ3v) is 3.93. The molecule has 0 heterocycles. The van der Waals surface area contributed by atoms with Crippen LogP contribution < -0.4 is 10.6 Å². The lowest BCUT2D eigenvalue weighted by molar-refractivity contribution is -0.120. The van der Waals surface area contributed by atoms with Crippen LogP contribution in [-0.4, -0.2) is 18.5 Å². The van der Waals surface area contributed by atoms with Gasteiger partial charge in [-0.25, -0.2) is 0 Å². The second-order valence-corrected chi connectivity index (χ2v) is 5.59. The molecule has 2 rings (SSSR count). The molecule has 1 fully saturated rings. The van der Waals surface area contributed by atoms with Crippen LogP contribution in [0.1, 0.15) is 37.7 Å². The van der Waals surface area contributed by atoms with Crippen LogP contribution in [0, 0.1) is 6.92 Å². The molecule has 1 aromatic carbocycles. The summed E-state index contributed by atoms with van der Waals surface area (Å²) in [5.41, 5.74) is 1.90. The number of hydrogen-bond donors (Lipinski definition) is 2. The molecule has 1 amide bonds. The average Bonchev–Trinajstić information content (AvgIpc) is 2.39. The van der Waals surface area contributed by atoms with Crippen molar-refractivity contribution >= 4 is 23.2 Å². The second kappa shape index (κ2) is 6.80. The molecule has 0 radical (unpaired) electrons. The summed E-state index contributed by atoms with van der Waals surface area (Å²) in [6.45, 7) is 2.26. The summed E-state index contributed by atoms with van der Waals surface area (Å²) in [6.07, 6.45) is 5.96. The number of carbonyl (C=O) groups excluding carboxylic acids is 1. The molecule has 0 saturated heterocycles. The Morgan fingerprint density at radius 2 is 2.05 bits per heavy atom. The number of amides is 1. The Labute approximate surface area is 119 Å². The molecule has 1 aliphatic carbocycles. The maximum absolute atomic E-state index is 11.9. The fourth-order valence-electron chi connectivity index (χ4n) is 2.55. The summed E-state index contributed by atoms with van der Waals surface area (Å²) >= 11 is 6.11. The summed E-state index contributed by atoms with van der Waals surface area (Å²) in [6, 6.07) is 6.07.